The van der Waals surface area contributed by atoms with Crippen LogP contribution in [0, 0.1) is 5.92 Å². The normalized spacial score (nSPS) is 22.0. The van der Waals surface area contributed by atoms with Gasteiger partial charge in [0.1, 0.15) is 5.60 Å². The second-order valence-electron chi connectivity index (χ2n) is 10.9. The van der Waals surface area contributed by atoms with Crippen LogP contribution in [-0.2, 0) is 16.1 Å². The molecule has 2 atom stereocenters. The van der Waals surface area contributed by atoms with Crippen molar-refractivity contribution in [1.29, 1.82) is 0 Å². The van der Waals surface area contributed by atoms with Crippen molar-refractivity contribution in [1.82, 2.24) is 14.7 Å². The second-order valence-corrected chi connectivity index (χ2v) is 11.3. The molecule has 0 aromatic heterocycles. The molecule has 2 aliphatic heterocycles. The fourth-order valence-corrected chi connectivity index (χ4v) is 5.48. The Morgan fingerprint density at radius 1 is 1.05 bits per heavy atom. The summed E-state index contributed by atoms with van der Waals surface area (Å²) in [7, 11) is 0. The molecular weight excluding hydrogens is 556 g/mol. The summed E-state index contributed by atoms with van der Waals surface area (Å²) in [6, 6.07) is 2.13. The van der Waals surface area contributed by atoms with Gasteiger partial charge in [0.05, 0.1) is 6.54 Å². The third-order valence-corrected chi connectivity index (χ3v) is 7.09. The van der Waals surface area contributed by atoms with Crippen molar-refractivity contribution in [2.45, 2.75) is 70.2 Å². The average molecular weight is 588 g/mol. The molecule has 1 amide bonds. The Hall–Kier alpha value is -2.25. The number of benzene rings is 1. The molecule has 0 bridgehead atoms. The predicted molar refractivity (Wildman–Crippen MR) is 130 cm³/mol. The number of ether oxygens (including phenoxy) is 1. The first-order chi connectivity index (χ1) is 17.9. The number of hydrogen-bond donors (Lipinski definition) is 1. The highest BCUT2D eigenvalue weighted by atomic mass is 35.5. The topological polar surface area (TPSA) is 73.3 Å². The molecule has 2 fully saturated rings. The highest BCUT2D eigenvalue weighted by molar-refractivity contribution is 6.30. The Balaban J connectivity index is 1.94. The van der Waals surface area contributed by atoms with E-state index in [2.05, 4.69) is 0 Å². The lowest BCUT2D eigenvalue weighted by Gasteiger charge is -2.45. The minimum Gasteiger partial charge on any atom is -0.465 e. The summed E-state index contributed by atoms with van der Waals surface area (Å²) in [6.07, 6.45) is -11.6. The Bertz CT molecular complexity index is 1030. The van der Waals surface area contributed by atoms with Crippen LogP contribution in [0.5, 0.6) is 0 Å². The molecular formula is C25H32ClF6N3O4. The summed E-state index contributed by atoms with van der Waals surface area (Å²) in [6.45, 7) is 3.89. The Morgan fingerprint density at radius 2 is 1.69 bits per heavy atom. The number of halogens is 7. The van der Waals surface area contributed by atoms with Crippen molar-refractivity contribution in [2.75, 3.05) is 32.7 Å². The van der Waals surface area contributed by atoms with Gasteiger partial charge in [-0.2, -0.15) is 26.3 Å². The van der Waals surface area contributed by atoms with Crippen molar-refractivity contribution in [2.24, 2.45) is 5.92 Å². The van der Waals surface area contributed by atoms with Gasteiger partial charge in [-0.1, -0.05) is 17.7 Å². The number of carboxylic acid groups (broad SMARTS) is 1. The van der Waals surface area contributed by atoms with Crippen LogP contribution in [0.4, 0.5) is 31.1 Å². The van der Waals surface area contributed by atoms with E-state index in [-0.39, 0.29) is 32.2 Å². The number of alkyl halides is 6. The predicted octanol–water partition coefficient (Wildman–Crippen LogP) is 5.72. The average Bonchev–Trinajstić information content (AvgIpc) is 3.20. The van der Waals surface area contributed by atoms with Gasteiger partial charge in [0.2, 0.25) is 0 Å². The number of esters is 1. The maximum atomic E-state index is 13.7. The molecule has 3 rings (SSSR count). The molecule has 220 valence electrons. The van der Waals surface area contributed by atoms with Crippen molar-refractivity contribution in [3.8, 4) is 0 Å². The lowest BCUT2D eigenvalue weighted by Crippen LogP contribution is -2.62. The zero-order valence-electron chi connectivity index (χ0n) is 21.8. The number of hydrogen-bond acceptors (Lipinski definition) is 5. The quantitative estimate of drug-likeness (QED) is 0.339. The van der Waals surface area contributed by atoms with Gasteiger partial charge in [0.25, 0.3) is 0 Å². The maximum absolute atomic E-state index is 13.7. The molecule has 2 saturated heterocycles. The van der Waals surface area contributed by atoms with Crippen molar-refractivity contribution >= 4 is 23.7 Å². The number of nitrogens with zero attached hydrogens (tertiary/aromatic N) is 3. The molecule has 0 radical (unpaired) electrons. The van der Waals surface area contributed by atoms with Gasteiger partial charge in [0, 0.05) is 43.3 Å². The molecule has 7 nitrogen and oxygen atoms in total. The number of rotatable bonds is 6. The van der Waals surface area contributed by atoms with E-state index in [1.165, 1.54) is 6.07 Å². The van der Waals surface area contributed by atoms with Gasteiger partial charge in [-0.05, 0) is 63.4 Å². The van der Waals surface area contributed by atoms with E-state index < -0.39 is 48.5 Å². The van der Waals surface area contributed by atoms with Crippen LogP contribution < -0.4 is 0 Å². The Labute approximate surface area is 227 Å². The monoisotopic (exact) mass is 587 g/mol. The number of carbonyl (C=O) groups excluding carboxylic acids is 1. The molecule has 1 N–H and O–H groups in total. The molecule has 2 heterocycles. The Kier molecular flexibility index (Phi) is 9.38. The van der Waals surface area contributed by atoms with E-state index in [1.54, 1.807) is 32.9 Å². The number of amides is 1. The largest absolute Gasteiger partial charge is 0.465 e. The second kappa shape index (κ2) is 11.7. The first kappa shape index (κ1) is 31.3. The van der Waals surface area contributed by atoms with E-state index in [9.17, 15) is 41.0 Å². The molecule has 14 heteroatoms. The SMILES string of the molecule is CC(C)(C)OC(=O)CN1CCCC1c1cc(Cl)ccc1CN1CCN(C(=O)O)CC1C(C(F)(F)F)C(F)(F)F. The van der Waals surface area contributed by atoms with Crippen LogP contribution in [0.15, 0.2) is 18.2 Å². The minimum atomic E-state index is -5.64. The molecule has 39 heavy (non-hydrogen) atoms. The number of piperazine rings is 1. The van der Waals surface area contributed by atoms with Crippen LogP contribution in [0.2, 0.25) is 5.02 Å². The standard InChI is InChI=1S/C25H32ClF6N3O4/c1-23(2,3)39-20(36)14-33-8-4-5-18(33)17-11-16(26)7-6-15(17)12-34-9-10-35(22(37)38)13-19(34)21(24(27,28)29)25(30,31)32/h6-7,11,18-19,21H,4-5,8-10,12-14H2,1-3H3,(H,37,38). The fourth-order valence-electron chi connectivity index (χ4n) is 5.30. The summed E-state index contributed by atoms with van der Waals surface area (Å²) in [4.78, 5) is 27.4. The summed E-state index contributed by atoms with van der Waals surface area (Å²) in [5.41, 5.74) is 0.352. The molecule has 0 aliphatic carbocycles. The number of likely N-dealkylation sites (tertiary alicyclic amines) is 1. The minimum absolute atomic E-state index is 0.0436. The third kappa shape index (κ3) is 8.14. The lowest BCUT2D eigenvalue weighted by atomic mass is 9.92. The van der Waals surface area contributed by atoms with Gasteiger partial charge in [-0.25, -0.2) is 4.79 Å². The van der Waals surface area contributed by atoms with Crippen molar-refractivity contribution in [3.05, 3.63) is 34.3 Å². The molecule has 1 aromatic carbocycles. The van der Waals surface area contributed by atoms with Gasteiger partial charge >= 0.3 is 24.4 Å². The van der Waals surface area contributed by atoms with E-state index in [4.69, 9.17) is 16.3 Å². The zero-order chi connectivity index (χ0) is 29.3. The third-order valence-electron chi connectivity index (χ3n) is 6.85. The van der Waals surface area contributed by atoms with Gasteiger partial charge in [-0.3, -0.25) is 14.6 Å². The fraction of sp³-hybridized carbons (Fsp3) is 0.680. The Morgan fingerprint density at radius 3 is 2.26 bits per heavy atom. The molecule has 0 spiro atoms. The van der Waals surface area contributed by atoms with E-state index in [1.807, 2.05) is 4.90 Å². The van der Waals surface area contributed by atoms with Gasteiger partial charge in [0.15, 0.2) is 5.92 Å². The molecule has 2 unspecified atom stereocenters. The van der Waals surface area contributed by atoms with Crippen molar-refractivity contribution in [3.63, 3.8) is 0 Å². The number of carbonyl (C=O) groups is 2. The lowest BCUT2D eigenvalue weighted by molar-refractivity contribution is -0.302. The summed E-state index contributed by atoms with van der Waals surface area (Å²) >= 11 is 6.24. The first-order valence-electron chi connectivity index (χ1n) is 12.5. The van der Waals surface area contributed by atoms with E-state index in [0.29, 0.717) is 40.4 Å². The molecule has 0 saturated carbocycles. The summed E-state index contributed by atoms with van der Waals surface area (Å²) < 4.78 is 87.8. The molecule has 1 aromatic rings. The summed E-state index contributed by atoms with van der Waals surface area (Å²) in [5.74, 6) is -4.20. The highest BCUT2D eigenvalue weighted by Crippen LogP contribution is 2.44. The maximum Gasteiger partial charge on any atom is 0.407 e. The van der Waals surface area contributed by atoms with Gasteiger partial charge < -0.3 is 14.7 Å². The molecule has 2 aliphatic rings. The van der Waals surface area contributed by atoms with Crippen LogP contribution in [0.25, 0.3) is 0 Å². The van der Waals surface area contributed by atoms with Crippen LogP contribution in [-0.4, -0.2) is 88.6 Å². The van der Waals surface area contributed by atoms with E-state index in [0.717, 1.165) is 4.90 Å². The van der Waals surface area contributed by atoms with Crippen LogP contribution in [0.3, 0.4) is 0 Å². The van der Waals surface area contributed by atoms with E-state index >= 15 is 0 Å². The first-order valence-corrected chi connectivity index (χ1v) is 12.8. The van der Waals surface area contributed by atoms with Crippen molar-refractivity contribution < 1.29 is 45.8 Å². The van der Waals surface area contributed by atoms with Crippen LogP contribution in [0.1, 0.15) is 50.8 Å². The van der Waals surface area contributed by atoms with Crippen LogP contribution >= 0.6 is 11.6 Å². The van der Waals surface area contributed by atoms with Gasteiger partial charge in [-0.15, -0.1) is 0 Å². The zero-order valence-corrected chi connectivity index (χ0v) is 22.5. The summed E-state index contributed by atoms with van der Waals surface area (Å²) in [5, 5.41) is 9.62. The smallest absolute Gasteiger partial charge is 0.407 e. The highest BCUT2D eigenvalue weighted by Gasteiger charge is 2.62.